The minimum absolute atomic E-state index is 0.209. The Kier molecular flexibility index (Phi) is 3.59. The molecule has 0 spiro atoms. The molecule has 0 atom stereocenters. The first-order valence-corrected chi connectivity index (χ1v) is 7.04. The van der Waals surface area contributed by atoms with Gasteiger partial charge in [0, 0.05) is 24.2 Å². The van der Waals surface area contributed by atoms with Gasteiger partial charge in [0.1, 0.15) is 0 Å². The van der Waals surface area contributed by atoms with E-state index in [1.165, 1.54) is 18.7 Å². The van der Waals surface area contributed by atoms with Crippen molar-refractivity contribution in [1.82, 2.24) is 15.3 Å². The monoisotopic (exact) mass is 287 g/mol. The summed E-state index contributed by atoms with van der Waals surface area (Å²) < 4.78 is 18.6. The molecule has 1 aromatic carbocycles. The van der Waals surface area contributed by atoms with Gasteiger partial charge in [-0.1, -0.05) is 13.8 Å². The van der Waals surface area contributed by atoms with Crippen LogP contribution in [0.15, 0.2) is 18.2 Å². The predicted molar refractivity (Wildman–Crippen MR) is 78.6 cm³/mol. The summed E-state index contributed by atoms with van der Waals surface area (Å²) in [6.07, 6.45) is 0. The molecule has 0 bridgehead atoms. The first-order valence-electron chi connectivity index (χ1n) is 7.04. The standard InChI is InChI=1S/C16H18FN3O/c1-9(2)15-11-7-18-8-13(11)19-16(20-15)10-4-5-12(17)14(6-10)21-3/h4-6,9,18H,7-8H2,1-3H3. The molecule has 0 radical (unpaired) electrons. The van der Waals surface area contributed by atoms with Crippen molar-refractivity contribution in [3.63, 3.8) is 0 Å². The highest BCUT2D eigenvalue weighted by atomic mass is 19.1. The molecular weight excluding hydrogens is 269 g/mol. The van der Waals surface area contributed by atoms with E-state index in [-0.39, 0.29) is 11.6 Å². The lowest BCUT2D eigenvalue weighted by Gasteiger charge is -2.13. The lowest BCUT2D eigenvalue weighted by atomic mass is 10.0. The van der Waals surface area contributed by atoms with E-state index in [1.807, 2.05) is 0 Å². The molecule has 4 nitrogen and oxygen atoms in total. The summed E-state index contributed by atoms with van der Waals surface area (Å²) in [5.41, 5.74) is 4.06. The number of nitrogens with zero attached hydrogens (tertiary/aromatic N) is 2. The number of benzene rings is 1. The van der Waals surface area contributed by atoms with E-state index in [4.69, 9.17) is 9.72 Å². The van der Waals surface area contributed by atoms with Gasteiger partial charge in [-0.2, -0.15) is 0 Å². The zero-order chi connectivity index (χ0) is 15.0. The number of nitrogens with one attached hydrogen (secondary N) is 1. The van der Waals surface area contributed by atoms with E-state index in [9.17, 15) is 4.39 Å². The third-order valence-electron chi connectivity index (χ3n) is 3.68. The van der Waals surface area contributed by atoms with Gasteiger partial charge in [0.25, 0.3) is 0 Å². The Hall–Kier alpha value is -2.01. The van der Waals surface area contributed by atoms with Gasteiger partial charge in [0.2, 0.25) is 0 Å². The van der Waals surface area contributed by atoms with Crippen LogP contribution in [0.1, 0.15) is 36.7 Å². The van der Waals surface area contributed by atoms with Crippen molar-refractivity contribution in [2.24, 2.45) is 0 Å². The molecule has 110 valence electrons. The van der Waals surface area contributed by atoms with Crippen molar-refractivity contribution < 1.29 is 9.13 Å². The molecule has 0 aliphatic carbocycles. The Morgan fingerprint density at radius 2 is 2.05 bits per heavy atom. The minimum Gasteiger partial charge on any atom is -0.494 e. The Morgan fingerprint density at radius 3 is 2.76 bits per heavy atom. The molecule has 2 aromatic rings. The number of rotatable bonds is 3. The van der Waals surface area contributed by atoms with Gasteiger partial charge in [-0.05, 0) is 24.1 Å². The fourth-order valence-corrected chi connectivity index (χ4v) is 2.60. The quantitative estimate of drug-likeness (QED) is 0.942. The minimum atomic E-state index is -0.381. The maximum absolute atomic E-state index is 13.5. The molecule has 0 amide bonds. The number of halogens is 1. The third-order valence-corrected chi connectivity index (χ3v) is 3.68. The lowest BCUT2D eigenvalue weighted by Crippen LogP contribution is -2.05. The molecule has 1 N–H and O–H groups in total. The number of methoxy groups -OCH3 is 1. The first kappa shape index (κ1) is 13.9. The summed E-state index contributed by atoms with van der Waals surface area (Å²) in [5.74, 6) is 0.774. The van der Waals surface area contributed by atoms with Gasteiger partial charge >= 0.3 is 0 Å². The van der Waals surface area contributed by atoms with Crippen LogP contribution in [0.3, 0.4) is 0 Å². The second kappa shape index (κ2) is 5.41. The highest BCUT2D eigenvalue weighted by Crippen LogP contribution is 2.29. The zero-order valence-corrected chi connectivity index (χ0v) is 12.4. The normalized spacial score (nSPS) is 13.6. The molecule has 0 saturated carbocycles. The lowest BCUT2D eigenvalue weighted by molar-refractivity contribution is 0.386. The van der Waals surface area contributed by atoms with Crippen molar-refractivity contribution in [2.45, 2.75) is 32.9 Å². The number of fused-ring (bicyclic) bond motifs is 1. The van der Waals surface area contributed by atoms with E-state index in [0.29, 0.717) is 11.7 Å². The smallest absolute Gasteiger partial charge is 0.165 e. The third kappa shape index (κ3) is 2.49. The topological polar surface area (TPSA) is 47.0 Å². The zero-order valence-electron chi connectivity index (χ0n) is 12.4. The van der Waals surface area contributed by atoms with Crippen molar-refractivity contribution in [3.8, 4) is 17.1 Å². The van der Waals surface area contributed by atoms with E-state index in [1.54, 1.807) is 12.1 Å². The fraction of sp³-hybridized carbons (Fsp3) is 0.375. The summed E-state index contributed by atoms with van der Waals surface area (Å²) in [6, 6.07) is 4.72. The van der Waals surface area contributed by atoms with Crippen LogP contribution in [-0.2, 0) is 13.1 Å². The van der Waals surface area contributed by atoms with Crippen LogP contribution in [0, 0.1) is 5.82 Å². The van der Waals surface area contributed by atoms with Crippen LogP contribution >= 0.6 is 0 Å². The number of hydrogen-bond acceptors (Lipinski definition) is 4. The summed E-state index contributed by atoms with van der Waals surface area (Å²) in [5, 5.41) is 3.31. The molecular formula is C16H18FN3O. The summed E-state index contributed by atoms with van der Waals surface area (Å²) in [4.78, 5) is 9.31. The predicted octanol–water partition coefficient (Wildman–Crippen LogP) is 3.02. The summed E-state index contributed by atoms with van der Waals surface area (Å²) >= 11 is 0. The van der Waals surface area contributed by atoms with Crippen LogP contribution < -0.4 is 10.1 Å². The van der Waals surface area contributed by atoms with E-state index in [2.05, 4.69) is 24.1 Å². The molecule has 1 aliphatic heterocycles. The molecule has 3 rings (SSSR count). The van der Waals surface area contributed by atoms with Crippen molar-refractivity contribution >= 4 is 0 Å². The second-order valence-electron chi connectivity index (χ2n) is 5.47. The van der Waals surface area contributed by atoms with E-state index >= 15 is 0 Å². The first-order chi connectivity index (χ1) is 10.1. The Morgan fingerprint density at radius 1 is 1.24 bits per heavy atom. The Balaban J connectivity index is 2.13. The molecule has 0 fully saturated rings. The second-order valence-corrected chi connectivity index (χ2v) is 5.47. The molecule has 1 aromatic heterocycles. The largest absolute Gasteiger partial charge is 0.494 e. The maximum atomic E-state index is 13.5. The molecule has 5 heteroatoms. The van der Waals surface area contributed by atoms with Crippen molar-refractivity contribution in [1.29, 1.82) is 0 Å². The van der Waals surface area contributed by atoms with Gasteiger partial charge in [0.05, 0.1) is 18.5 Å². The SMILES string of the molecule is COc1cc(-c2nc3c(c(C(C)C)n2)CNC3)ccc1F. The average Bonchev–Trinajstić information content (AvgIpc) is 2.94. The Bertz CT molecular complexity index is 685. The van der Waals surface area contributed by atoms with Gasteiger partial charge in [-0.25, -0.2) is 14.4 Å². The maximum Gasteiger partial charge on any atom is 0.165 e. The van der Waals surface area contributed by atoms with Crippen LogP contribution in [0.2, 0.25) is 0 Å². The van der Waals surface area contributed by atoms with Gasteiger partial charge < -0.3 is 10.1 Å². The van der Waals surface area contributed by atoms with Gasteiger partial charge in [-0.15, -0.1) is 0 Å². The van der Waals surface area contributed by atoms with Crippen molar-refractivity contribution in [2.75, 3.05) is 7.11 Å². The highest BCUT2D eigenvalue weighted by Gasteiger charge is 2.21. The van der Waals surface area contributed by atoms with Crippen LogP contribution in [-0.4, -0.2) is 17.1 Å². The fourth-order valence-electron chi connectivity index (χ4n) is 2.60. The molecule has 0 unspecified atom stereocenters. The highest BCUT2D eigenvalue weighted by molar-refractivity contribution is 5.59. The van der Waals surface area contributed by atoms with Crippen LogP contribution in [0.4, 0.5) is 4.39 Å². The molecule has 2 heterocycles. The Labute approximate surface area is 123 Å². The summed E-state index contributed by atoms with van der Waals surface area (Å²) in [7, 11) is 1.45. The van der Waals surface area contributed by atoms with Crippen molar-refractivity contribution in [3.05, 3.63) is 41.0 Å². The molecule has 1 aliphatic rings. The van der Waals surface area contributed by atoms with Gasteiger partial charge in [-0.3, -0.25) is 0 Å². The average molecular weight is 287 g/mol. The number of hydrogen-bond donors (Lipinski definition) is 1. The number of ether oxygens (including phenoxy) is 1. The van der Waals surface area contributed by atoms with E-state index < -0.39 is 0 Å². The van der Waals surface area contributed by atoms with Gasteiger partial charge in [0.15, 0.2) is 17.4 Å². The van der Waals surface area contributed by atoms with Crippen LogP contribution in [0.25, 0.3) is 11.4 Å². The molecule has 21 heavy (non-hydrogen) atoms. The van der Waals surface area contributed by atoms with Crippen LogP contribution in [0.5, 0.6) is 5.75 Å². The molecule has 0 saturated heterocycles. The van der Waals surface area contributed by atoms with E-state index in [0.717, 1.165) is 30.0 Å². The summed E-state index contributed by atoms with van der Waals surface area (Å²) in [6.45, 7) is 5.81. The number of aromatic nitrogens is 2.